The summed E-state index contributed by atoms with van der Waals surface area (Å²) in [4.78, 5) is 24.9. The number of carbonyl (C=O) groups excluding carboxylic acids is 1. The van der Waals surface area contributed by atoms with E-state index < -0.39 is 11.4 Å². The largest absolute Gasteiger partial charge is 0.339 e. The molecule has 0 spiro atoms. The lowest BCUT2D eigenvalue weighted by atomic mass is 10.1. The normalized spacial score (nSPS) is 11.7. The third-order valence-electron chi connectivity index (χ3n) is 5.19. The second kappa shape index (κ2) is 7.93. The van der Waals surface area contributed by atoms with Gasteiger partial charge in [-0.15, -0.1) is 0 Å². The molecule has 0 saturated carbocycles. The van der Waals surface area contributed by atoms with Gasteiger partial charge >= 0.3 is 0 Å². The summed E-state index contributed by atoms with van der Waals surface area (Å²) >= 11 is 0. The molecule has 0 radical (unpaired) electrons. The highest BCUT2D eigenvalue weighted by Gasteiger charge is 2.21. The number of hydrogen-bond donors (Lipinski definition) is 2. The maximum atomic E-state index is 12.5. The highest BCUT2D eigenvalue weighted by atomic mass is 16.2. The Morgan fingerprint density at radius 1 is 1.28 bits per heavy atom. The first-order chi connectivity index (χ1) is 15.2. The Hall–Kier alpha value is -3.99. The van der Waals surface area contributed by atoms with Crippen LogP contribution in [0.5, 0.6) is 0 Å². The van der Waals surface area contributed by atoms with E-state index in [1.165, 1.54) is 0 Å². The van der Waals surface area contributed by atoms with Gasteiger partial charge in [-0.05, 0) is 58.9 Å². The van der Waals surface area contributed by atoms with Gasteiger partial charge in [-0.25, -0.2) is 9.97 Å². The van der Waals surface area contributed by atoms with Crippen molar-refractivity contribution in [3.8, 4) is 28.6 Å². The summed E-state index contributed by atoms with van der Waals surface area (Å²) in [7, 11) is 0. The molecule has 0 aromatic carbocycles. The molecule has 0 unspecified atom stereocenters. The molecule has 8 nitrogen and oxygen atoms in total. The van der Waals surface area contributed by atoms with Crippen molar-refractivity contribution in [1.82, 2.24) is 30.0 Å². The van der Waals surface area contributed by atoms with Crippen LogP contribution in [0, 0.1) is 18.3 Å². The van der Waals surface area contributed by atoms with Crippen molar-refractivity contribution in [2.24, 2.45) is 0 Å². The lowest BCUT2D eigenvalue weighted by Gasteiger charge is -2.17. The van der Waals surface area contributed by atoms with Crippen molar-refractivity contribution >= 4 is 16.9 Å². The lowest BCUT2D eigenvalue weighted by molar-refractivity contribution is 0.0924. The molecule has 4 aromatic rings. The fourth-order valence-corrected chi connectivity index (χ4v) is 3.41. The van der Waals surface area contributed by atoms with Crippen LogP contribution in [-0.4, -0.2) is 36.2 Å². The Balaban J connectivity index is 1.67. The maximum absolute atomic E-state index is 12.5. The van der Waals surface area contributed by atoms with E-state index in [1.54, 1.807) is 32.2 Å². The number of nitrogens with one attached hydrogen (secondary N) is 2. The van der Waals surface area contributed by atoms with Crippen molar-refractivity contribution in [2.75, 3.05) is 0 Å². The van der Waals surface area contributed by atoms with Crippen LogP contribution >= 0.6 is 0 Å². The Morgan fingerprint density at radius 3 is 2.75 bits per heavy atom. The number of hydrogen-bond acceptors (Lipinski definition) is 5. The van der Waals surface area contributed by atoms with Gasteiger partial charge in [0.15, 0.2) is 0 Å². The van der Waals surface area contributed by atoms with Crippen LogP contribution in [0.4, 0.5) is 0 Å². The molecular formula is C24H25N7O. The van der Waals surface area contributed by atoms with Gasteiger partial charge in [-0.3, -0.25) is 9.48 Å². The predicted molar refractivity (Wildman–Crippen MR) is 123 cm³/mol. The van der Waals surface area contributed by atoms with E-state index in [0.717, 1.165) is 33.5 Å². The van der Waals surface area contributed by atoms with Gasteiger partial charge in [0.2, 0.25) is 0 Å². The fraction of sp³-hybridized carbons (Fsp3) is 0.292. The van der Waals surface area contributed by atoms with Gasteiger partial charge in [0.05, 0.1) is 23.2 Å². The van der Waals surface area contributed by atoms with E-state index in [9.17, 15) is 4.79 Å². The number of fused-ring (bicyclic) bond motifs is 1. The average molecular weight is 428 g/mol. The number of aryl methyl sites for hydroxylation is 1. The van der Waals surface area contributed by atoms with E-state index in [1.807, 2.05) is 36.0 Å². The molecule has 2 N–H and O–H groups in total. The van der Waals surface area contributed by atoms with Gasteiger partial charge in [-0.2, -0.15) is 10.4 Å². The summed E-state index contributed by atoms with van der Waals surface area (Å²) in [5.74, 6) is -0.394. The Labute approximate surface area is 186 Å². The molecule has 0 atom stereocenters. The van der Waals surface area contributed by atoms with Crippen molar-refractivity contribution in [3.05, 3.63) is 54.1 Å². The number of H-pyrrole nitrogens is 1. The first-order valence-corrected chi connectivity index (χ1v) is 10.4. The molecule has 32 heavy (non-hydrogen) atoms. The zero-order valence-corrected chi connectivity index (χ0v) is 18.8. The zero-order chi connectivity index (χ0) is 23.0. The number of nitrogens with zero attached hydrogens (tertiary/aromatic N) is 5. The third kappa shape index (κ3) is 4.10. The number of nitriles is 1. The highest BCUT2D eigenvalue weighted by Crippen LogP contribution is 2.28. The van der Waals surface area contributed by atoms with Gasteiger partial charge in [0.25, 0.3) is 5.91 Å². The predicted octanol–water partition coefficient (Wildman–Crippen LogP) is 4.41. The Morgan fingerprint density at radius 2 is 2.06 bits per heavy atom. The Bertz CT molecular complexity index is 1350. The molecule has 0 aliphatic carbocycles. The average Bonchev–Trinajstić information content (AvgIpc) is 3.36. The molecule has 8 heteroatoms. The van der Waals surface area contributed by atoms with Crippen LogP contribution < -0.4 is 5.32 Å². The minimum atomic E-state index is -0.974. The van der Waals surface area contributed by atoms with Gasteiger partial charge in [0.1, 0.15) is 16.9 Å². The second-order valence-electron chi connectivity index (χ2n) is 8.65. The lowest BCUT2D eigenvalue weighted by Crippen LogP contribution is -2.42. The first kappa shape index (κ1) is 21.2. The zero-order valence-electron chi connectivity index (χ0n) is 18.8. The van der Waals surface area contributed by atoms with E-state index >= 15 is 0 Å². The van der Waals surface area contributed by atoms with Crippen LogP contribution in [0.3, 0.4) is 0 Å². The minimum Gasteiger partial charge on any atom is -0.339 e. The second-order valence-corrected chi connectivity index (χ2v) is 8.65. The molecule has 162 valence electrons. The molecule has 4 aromatic heterocycles. The van der Waals surface area contributed by atoms with Crippen LogP contribution in [0.15, 0.2) is 42.7 Å². The van der Waals surface area contributed by atoms with Crippen molar-refractivity contribution in [3.63, 3.8) is 0 Å². The molecule has 1 amide bonds. The number of carbonyl (C=O) groups is 1. The van der Waals surface area contributed by atoms with E-state index in [0.29, 0.717) is 5.69 Å². The van der Waals surface area contributed by atoms with Crippen LogP contribution in [0.2, 0.25) is 0 Å². The summed E-state index contributed by atoms with van der Waals surface area (Å²) < 4.78 is 1.95. The fourth-order valence-electron chi connectivity index (χ4n) is 3.41. The summed E-state index contributed by atoms with van der Waals surface area (Å²) in [6.45, 7) is 9.47. The Kier molecular flexibility index (Phi) is 5.26. The molecule has 0 aliphatic rings. The molecule has 0 aliphatic heterocycles. The summed E-state index contributed by atoms with van der Waals surface area (Å²) in [5.41, 5.74) is 4.41. The molecule has 0 fully saturated rings. The molecule has 0 bridgehead atoms. The van der Waals surface area contributed by atoms with Crippen molar-refractivity contribution in [2.45, 2.75) is 46.2 Å². The SMILES string of the molecule is Cc1nn(C(C)C)cc1-c1cc2cc(-c3cccc(C(=O)NC(C)(C)C#N)n3)cnc2[nH]1. The summed E-state index contributed by atoms with van der Waals surface area (Å²) in [6.07, 6.45) is 3.77. The highest BCUT2D eigenvalue weighted by molar-refractivity contribution is 5.94. The first-order valence-electron chi connectivity index (χ1n) is 10.4. The molecule has 4 heterocycles. The molecular weight excluding hydrogens is 402 g/mol. The van der Waals surface area contributed by atoms with E-state index in [2.05, 4.69) is 45.3 Å². The third-order valence-corrected chi connectivity index (χ3v) is 5.19. The maximum Gasteiger partial charge on any atom is 0.271 e. The van der Waals surface area contributed by atoms with Crippen LogP contribution in [0.25, 0.3) is 33.5 Å². The van der Waals surface area contributed by atoms with E-state index in [4.69, 9.17) is 5.26 Å². The topological polar surface area (TPSA) is 112 Å². The number of amides is 1. The number of aromatic amines is 1. The monoisotopic (exact) mass is 427 g/mol. The van der Waals surface area contributed by atoms with Gasteiger partial charge in [0, 0.05) is 34.9 Å². The quantitative estimate of drug-likeness (QED) is 0.490. The van der Waals surface area contributed by atoms with Crippen LogP contribution in [-0.2, 0) is 0 Å². The summed E-state index contributed by atoms with van der Waals surface area (Å²) in [5, 5.41) is 17.4. The van der Waals surface area contributed by atoms with Gasteiger partial charge < -0.3 is 10.3 Å². The standard InChI is InChI=1S/C24H25N7O/c1-14(2)31-12-18(15(3)30-31)21-10-16-9-17(11-26-22(16)28-21)19-7-6-8-20(27-19)23(32)29-24(4,5)13-25/h6-12,14H,1-5H3,(H,26,28)(H,29,32). The summed E-state index contributed by atoms with van der Waals surface area (Å²) in [6, 6.07) is 11.6. The van der Waals surface area contributed by atoms with Crippen molar-refractivity contribution in [1.29, 1.82) is 5.26 Å². The smallest absolute Gasteiger partial charge is 0.271 e. The molecule has 4 rings (SSSR count). The van der Waals surface area contributed by atoms with E-state index in [-0.39, 0.29) is 11.7 Å². The minimum absolute atomic E-state index is 0.248. The van der Waals surface area contributed by atoms with Gasteiger partial charge in [-0.1, -0.05) is 6.07 Å². The number of rotatable bonds is 5. The molecule has 0 saturated heterocycles. The number of aromatic nitrogens is 5. The van der Waals surface area contributed by atoms with Crippen LogP contribution in [0.1, 0.15) is 49.9 Å². The number of pyridine rings is 2. The van der Waals surface area contributed by atoms with Crippen molar-refractivity contribution < 1.29 is 4.79 Å².